The molecule has 0 amide bonds. The first-order valence-electron chi connectivity index (χ1n) is 6.61. The molecule has 0 saturated heterocycles. The summed E-state index contributed by atoms with van der Waals surface area (Å²) < 4.78 is 0. The predicted molar refractivity (Wildman–Crippen MR) is 90.7 cm³/mol. The fraction of sp³-hybridized carbons (Fsp3) is 0.467. The Labute approximate surface area is 128 Å². The highest BCUT2D eigenvalue weighted by Crippen LogP contribution is 2.25. The minimum absolute atomic E-state index is 0.465. The largest absolute Gasteiger partial charge is 0.309 e. The summed E-state index contributed by atoms with van der Waals surface area (Å²) in [4.78, 5) is 2.91. The Morgan fingerprint density at radius 2 is 2.00 bits per heavy atom. The van der Waals surface area contributed by atoms with Crippen molar-refractivity contribution in [3.8, 4) is 0 Å². The Bertz CT molecular complexity index is 436. The summed E-state index contributed by atoms with van der Waals surface area (Å²) in [6.45, 7) is 3.39. The Morgan fingerprint density at radius 3 is 2.63 bits per heavy atom. The van der Waals surface area contributed by atoms with Crippen LogP contribution in [0.4, 0.5) is 0 Å². The maximum Gasteiger partial charge on any atom is 0.0463 e. The topological polar surface area (TPSA) is 12.0 Å². The van der Waals surface area contributed by atoms with E-state index in [1.807, 2.05) is 34.4 Å². The maximum absolute atomic E-state index is 3.73. The molecule has 0 spiro atoms. The van der Waals surface area contributed by atoms with E-state index in [0.717, 1.165) is 18.2 Å². The van der Waals surface area contributed by atoms with Crippen molar-refractivity contribution >= 4 is 34.4 Å². The first-order chi connectivity index (χ1) is 9.29. The zero-order valence-corrected chi connectivity index (χ0v) is 13.9. The highest BCUT2D eigenvalue weighted by molar-refractivity contribution is 7.99. The fourth-order valence-electron chi connectivity index (χ4n) is 1.97. The van der Waals surface area contributed by atoms with Crippen molar-refractivity contribution in [2.24, 2.45) is 0 Å². The van der Waals surface area contributed by atoms with E-state index in [4.69, 9.17) is 0 Å². The van der Waals surface area contributed by atoms with E-state index in [0.29, 0.717) is 6.04 Å². The van der Waals surface area contributed by atoms with Gasteiger partial charge in [0.2, 0.25) is 0 Å². The van der Waals surface area contributed by atoms with Crippen LogP contribution in [0.3, 0.4) is 0 Å². The third-order valence-corrected chi connectivity index (χ3v) is 6.14. The van der Waals surface area contributed by atoms with Crippen molar-refractivity contribution in [1.82, 2.24) is 5.32 Å². The van der Waals surface area contributed by atoms with Gasteiger partial charge in [-0.05, 0) is 42.1 Å². The summed E-state index contributed by atoms with van der Waals surface area (Å²) in [5.74, 6) is 0. The molecule has 2 aromatic heterocycles. The van der Waals surface area contributed by atoms with Crippen LogP contribution in [0, 0.1) is 0 Å². The number of hydrogen-bond acceptors (Lipinski definition) is 4. The molecule has 0 aromatic carbocycles. The molecule has 0 aliphatic heterocycles. The van der Waals surface area contributed by atoms with Crippen molar-refractivity contribution in [3.63, 3.8) is 0 Å². The molecule has 0 fully saturated rings. The summed E-state index contributed by atoms with van der Waals surface area (Å²) in [5.41, 5.74) is 0. The van der Waals surface area contributed by atoms with Gasteiger partial charge in [0.1, 0.15) is 0 Å². The fourth-order valence-corrected chi connectivity index (χ4v) is 3.88. The molecule has 0 aliphatic rings. The van der Waals surface area contributed by atoms with Crippen LogP contribution >= 0.6 is 34.4 Å². The van der Waals surface area contributed by atoms with Gasteiger partial charge in [-0.25, -0.2) is 0 Å². The summed E-state index contributed by atoms with van der Waals surface area (Å²) >= 11 is 5.65. The number of rotatable bonds is 8. The van der Waals surface area contributed by atoms with E-state index < -0.39 is 0 Å². The molecule has 2 aromatic rings. The van der Waals surface area contributed by atoms with Gasteiger partial charge < -0.3 is 5.32 Å². The summed E-state index contributed by atoms with van der Waals surface area (Å²) in [6.07, 6.45) is 4.52. The smallest absolute Gasteiger partial charge is 0.0463 e. The molecule has 2 unspecified atom stereocenters. The molecule has 0 saturated carbocycles. The molecule has 2 heterocycles. The normalized spacial score (nSPS) is 14.4. The Kier molecular flexibility index (Phi) is 6.44. The Balaban J connectivity index is 1.91. The highest BCUT2D eigenvalue weighted by atomic mass is 32.2. The Hall–Kier alpha value is -0.290. The van der Waals surface area contributed by atoms with Gasteiger partial charge >= 0.3 is 0 Å². The van der Waals surface area contributed by atoms with Crippen LogP contribution in [-0.4, -0.2) is 18.1 Å². The van der Waals surface area contributed by atoms with Gasteiger partial charge in [0.15, 0.2) is 0 Å². The van der Waals surface area contributed by atoms with E-state index >= 15 is 0 Å². The van der Waals surface area contributed by atoms with Gasteiger partial charge in [0, 0.05) is 27.5 Å². The van der Waals surface area contributed by atoms with Crippen LogP contribution in [-0.2, 0) is 6.42 Å². The molecule has 0 bridgehead atoms. The summed E-state index contributed by atoms with van der Waals surface area (Å²) in [6, 6.07) is 9.23. The average Bonchev–Trinajstić information content (AvgIpc) is 3.10. The average molecular weight is 312 g/mol. The van der Waals surface area contributed by atoms with Gasteiger partial charge in [0.25, 0.3) is 0 Å². The van der Waals surface area contributed by atoms with E-state index in [9.17, 15) is 0 Å². The molecule has 2 rings (SSSR count). The lowest BCUT2D eigenvalue weighted by molar-refractivity contribution is 0.530. The number of nitrogens with one attached hydrogen (secondary N) is 1. The van der Waals surface area contributed by atoms with E-state index in [1.165, 1.54) is 16.2 Å². The van der Waals surface area contributed by atoms with E-state index in [-0.39, 0.29) is 0 Å². The van der Waals surface area contributed by atoms with Crippen molar-refractivity contribution in [2.75, 3.05) is 12.8 Å². The molecule has 0 aliphatic carbocycles. The van der Waals surface area contributed by atoms with Crippen LogP contribution < -0.4 is 5.32 Å². The molecule has 19 heavy (non-hydrogen) atoms. The minimum atomic E-state index is 0.465. The molecule has 104 valence electrons. The monoisotopic (exact) mass is 311 g/mol. The van der Waals surface area contributed by atoms with E-state index in [1.54, 1.807) is 0 Å². The lowest BCUT2D eigenvalue weighted by Gasteiger charge is -2.18. The highest BCUT2D eigenvalue weighted by Gasteiger charge is 2.13. The Morgan fingerprint density at radius 1 is 1.21 bits per heavy atom. The van der Waals surface area contributed by atoms with E-state index in [2.05, 4.69) is 53.5 Å². The third-order valence-electron chi connectivity index (χ3n) is 3.22. The standard InChI is InChI=1S/C15H21NS3/c1-12(17-2)7-8-16-14(15-6-4-10-19-15)11-13-5-3-9-18-13/h3-6,9-10,12,14,16H,7-8,11H2,1-2H3. The zero-order chi connectivity index (χ0) is 13.5. The van der Waals surface area contributed by atoms with Crippen LogP contribution in [0.1, 0.15) is 29.1 Å². The van der Waals surface area contributed by atoms with Crippen LogP contribution in [0.25, 0.3) is 0 Å². The minimum Gasteiger partial charge on any atom is -0.309 e. The molecule has 1 N–H and O–H groups in total. The van der Waals surface area contributed by atoms with Gasteiger partial charge in [-0.2, -0.15) is 11.8 Å². The zero-order valence-electron chi connectivity index (χ0n) is 11.5. The SMILES string of the molecule is CSC(C)CCNC(Cc1cccs1)c1cccs1. The predicted octanol–water partition coefficient (Wildman–Crippen LogP) is 4.82. The lowest BCUT2D eigenvalue weighted by Crippen LogP contribution is -2.25. The van der Waals surface area contributed by atoms with Crippen molar-refractivity contribution in [1.29, 1.82) is 0 Å². The molecule has 4 heteroatoms. The molecule has 0 radical (unpaired) electrons. The third kappa shape index (κ3) is 4.95. The number of thioether (sulfide) groups is 1. The van der Waals surface area contributed by atoms with Gasteiger partial charge in [-0.3, -0.25) is 0 Å². The first kappa shape index (κ1) is 15.1. The second kappa shape index (κ2) is 8.10. The quantitative estimate of drug-likeness (QED) is 0.750. The van der Waals surface area contributed by atoms with Crippen LogP contribution in [0.5, 0.6) is 0 Å². The number of thiophene rings is 2. The summed E-state index contributed by atoms with van der Waals surface area (Å²) in [7, 11) is 0. The van der Waals surface area contributed by atoms with Crippen LogP contribution in [0.2, 0.25) is 0 Å². The van der Waals surface area contributed by atoms with Crippen LogP contribution in [0.15, 0.2) is 35.0 Å². The number of hydrogen-bond donors (Lipinski definition) is 1. The summed E-state index contributed by atoms with van der Waals surface area (Å²) in [5, 5.41) is 8.80. The lowest BCUT2D eigenvalue weighted by atomic mass is 10.1. The molecular formula is C15H21NS3. The van der Waals surface area contributed by atoms with Crippen molar-refractivity contribution in [2.45, 2.75) is 31.1 Å². The van der Waals surface area contributed by atoms with Crippen molar-refractivity contribution < 1.29 is 0 Å². The van der Waals surface area contributed by atoms with Gasteiger partial charge in [0.05, 0.1) is 0 Å². The molecule has 1 nitrogen and oxygen atoms in total. The second-order valence-corrected chi connectivity index (χ2v) is 7.93. The maximum atomic E-state index is 3.73. The molecular weight excluding hydrogens is 290 g/mol. The first-order valence-corrected chi connectivity index (χ1v) is 9.66. The van der Waals surface area contributed by atoms with Crippen molar-refractivity contribution in [3.05, 3.63) is 44.8 Å². The molecule has 2 atom stereocenters. The van der Waals surface area contributed by atoms with Gasteiger partial charge in [-0.15, -0.1) is 22.7 Å². The second-order valence-electron chi connectivity index (χ2n) is 4.64. The van der Waals surface area contributed by atoms with Gasteiger partial charge in [-0.1, -0.05) is 19.1 Å².